The molecule has 0 saturated carbocycles. The highest BCUT2D eigenvalue weighted by Crippen LogP contribution is 2.18. The van der Waals surface area contributed by atoms with E-state index in [9.17, 15) is 0 Å². The van der Waals surface area contributed by atoms with Gasteiger partial charge in [-0.1, -0.05) is 33.1 Å². The molecule has 0 unspecified atom stereocenters. The molecule has 0 atom stereocenters. The van der Waals surface area contributed by atoms with Crippen LogP contribution in [0.5, 0.6) is 0 Å². The third-order valence-electron chi connectivity index (χ3n) is 2.50. The predicted molar refractivity (Wildman–Crippen MR) is 66.1 cm³/mol. The molecule has 1 rings (SSSR count). The minimum absolute atomic E-state index is 0.874. The lowest BCUT2D eigenvalue weighted by Crippen LogP contribution is -1.88. The second kappa shape index (κ2) is 6.23. The second-order valence-electron chi connectivity index (χ2n) is 4.51. The molecule has 1 heterocycles. The highest BCUT2D eigenvalue weighted by atomic mass is 32.1. The summed E-state index contributed by atoms with van der Waals surface area (Å²) in [6, 6.07) is 4.51. The Morgan fingerprint density at radius 2 is 1.93 bits per heavy atom. The van der Waals surface area contributed by atoms with Crippen molar-refractivity contribution in [2.75, 3.05) is 0 Å². The molecule has 0 aliphatic rings. The highest BCUT2D eigenvalue weighted by molar-refractivity contribution is 7.11. The van der Waals surface area contributed by atoms with Gasteiger partial charge in [-0.05, 0) is 37.8 Å². The molecular formula is C13H22S. The monoisotopic (exact) mass is 210 g/mol. The lowest BCUT2D eigenvalue weighted by molar-refractivity contribution is 0.528. The van der Waals surface area contributed by atoms with Gasteiger partial charge in [0, 0.05) is 9.75 Å². The van der Waals surface area contributed by atoms with Gasteiger partial charge in [0.05, 0.1) is 0 Å². The van der Waals surface area contributed by atoms with E-state index >= 15 is 0 Å². The average molecular weight is 210 g/mol. The second-order valence-corrected chi connectivity index (χ2v) is 5.88. The van der Waals surface area contributed by atoms with Crippen molar-refractivity contribution < 1.29 is 0 Å². The topological polar surface area (TPSA) is 0 Å². The summed E-state index contributed by atoms with van der Waals surface area (Å²) in [5.41, 5.74) is 0. The summed E-state index contributed by atoms with van der Waals surface area (Å²) in [4.78, 5) is 3.01. The van der Waals surface area contributed by atoms with Gasteiger partial charge in [-0.25, -0.2) is 0 Å². The van der Waals surface area contributed by atoms with Crippen molar-refractivity contribution in [2.45, 2.75) is 52.9 Å². The Kier molecular flexibility index (Phi) is 5.24. The van der Waals surface area contributed by atoms with Crippen molar-refractivity contribution in [1.82, 2.24) is 0 Å². The summed E-state index contributed by atoms with van der Waals surface area (Å²) in [5, 5.41) is 0. The molecule has 0 spiro atoms. The third kappa shape index (κ3) is 4.80. The molecule has 14 heavy (non-hydrogen) atoms. The zero-order valence-electron chi connectivity index (χ0n) is 9.68. The Bertz CT molecular complexity index is 247. The van der Waals surface area contributed by atoms with Gasteiger partial charge in [-0.15, -0.1) is 11.3 Å². The third-order valence-corrected chi connectivity index (χ3v) is 3.56. The molecule has 1 heteroatoms. The largest absolute Gasteiger partial charge is 0.146 e. The van der Waals surface area contributed by atoms with Gasteiger partial charge in [-0.2, -0.15) is 0 Å². The van der Waals surface area contributed by atoms with Crippen LogP contribution in [0.25, 0.3) is 0 Å². The summed E-state index contributed by atoms with van der Waals surface area (Å²) < 4.78 is 0. The molecule has 0 amide bonds. The van der Waals surface area contributed by atoms with Crippen LogP contribution in [0, 0.1) is 12.8 Å². The van der Waals surface area contributed by atoms with Crippen molar-refractivity contribution >= 4 is 11.3 Å². The summed E-state index contributed by atoms with van der Waals surface area (Å²) in [6.07, 6.45) is 6.85. The van der Waals surface area contributed by atoms with Crippen molar-refractivity contribution in [3.63, 3.8) is 0 Å². The van der Waals surface area contributed by atoms with Gasteiger partial charge in [0.25, 0.3) is 0 Å². The van der Waals surface area contributed by atoms with Gasteiger partial charge >= 0.3 is 0 Å². The molecule has 0 nitrogen and oxygen atoms in total. The Morgan fingerprint density at radius 1 is 1.14 bits per heavy atom. The molecule has 1 aromatic rings. The van der Waals surface area contributed by atoms with Crippen molar-refractivity contribution in [3.8, 4) is 0 Å². The Balaban J connectivity index is 2.04. The van der Waals surface area contributed by atoms with E-state index in [2.05, 4.69) is 32.9 Å². The number of rotatable bonds is 6. The number of unbranched alkanes of at least 4 members (excludes halogenated alkanes) is 2. The number of hydrogen-bond donors (Lipinski definition) is 0. The lowest BCUT2D eigenvalue weighted by Gasteiger charge is -2.03. The Hall–Kier alpha value is -0.300. The molecule has 1 aromatic heterocycles. The van der Waals surface area contributed by atoms with Crippen LogP contribution < -0.4 is 0 Å². The van der Waals surface area contributed by atoms with Crippen LogP contribution >= 0.6 is 11.3 Å². The molecule has 0 aliphatic heterocycles. The zero-order chi connectivity index (χ0) is 10.4. The molecule has 0 saturated heterocycles. The van der Waals surface area contributed by atoms with Gasteiger partial charge in [0.1, 0.15) is 0 Å². The minimum Gasteiger partial charge on any atom is -0.146 e. The SMILES string of the molecule is Cc1ccc(CCCCCC(C)C)s1. The highest BCUT2D eigenvalue weighted by Gasteiger charge is 1.97. The van der Waals surface area contributed by atoms with Crippen LogP contribution in [0.3, 0.4) is 0 Å². The first kappa shape index (κ1) is 11.8. The molecule has 0 aromatic carbocycles. The average Bonchev–Trinajstić information content (AvgIpc) is 2.50. The summed E-state index contributed by atoms with van der Waals surface area (Å²) in [5.74, 6) is 0.874. The number of aryl methyl sites for hydroxylation is 2. The molecular weight excluding hydrogens is 188 g/mol. The number of hydrogen-bond acceptors (Lipinski definition) is 1. The molecule has 0 radical (unpaired) electrons. The number of thiophene rings is 1. The summed E-state index contributed by atoms with van der Waals surface area (Å²) in [6.45, 7) is 6.80. The van der Waals surface area contributed by atoms with E-state index in [-0.39, 0.29) is 0 Å². The van der Waals surface area contributed by atoms with Crippen LogP contribution in [0.15, 0.2) is 12.1 Å². The fraction of sp³-hybridized carbons (Fsp3) is 0.692. The first-order valence-corrected chi connectivity index (χ1v) is 6.55. The maximum Gasteiger partial charge on any atom is 0.00480 e. The van der Waals surface area contributed by atoms with E-state index in [1.54, 1.807) is 4.88 Å². The van der Waals surface area contributed by atoms with Crippen LogP contribution in [0.4, 0.5) is 0 Å². The lowest BCUT2D eigenvalue weighted by atomic mass is 10.0. The van der Waals surface area contributed by atoms with Crippen molar-refractivity contribution in [1.29, 1.82) is 0 Å². The minimum atomic E-state index is 0.874. The van der Waals surface area contributed by atoms with Gasteiger partial charge in [0.2, 0.25) is 0 Å². The van der Waals surface area contributed by atoms with Crippen LogP contribution in [-0.2, 0) is 6.42 Å². The standard InChI is InChI=1S/C13H22S/c1-11(2)7-5-4-6-8-13-10-9-12(3)14-13/h9-11H,4-8H2,1-3H3. The van der Waals surface area contributed by atoms with Gasteiger partial charge < -0.3 is 0 Å². The normalized spacial score (nSPS) is 11.1. The summed E-state index contributed by atoms with van der Waals surface area (Å²) >= 11 is 1.95. The zero-order valence-corrected chi connectivity index (χ0v) is 10.5. The van der Waals surface area contributed by atoms with E-state index in [4.69, 9.17) is 0 Å². The Morgan fingerprint density at radius 3 is 2.50 bits per heavy atom. The van der Waals surface area contributed by atoms with E-state index < -0.39 is 0 Å². The molecule has 0 bridgehead atoms. The maximum absolute atomic E-state index is 2.31. The van der Waals surface area contributed by atoms with E-state index in [0.29, 0.717) is 0 Å². The molecule has 0 aliphatic carbocycles. The fourth-order valence-corrected chi connectivity index (χ4v) is 2.58. The van der Waals surface area contributed by atoms with E-state index in [1.165, 1.54) is 37.0 Å². The predicted octanol–water partition coefficient (Wildman–Crippen LogP) is 4.82. The smallest absolute Gasteiger partial charge is 0.00480 e. The quantitative estimate of drug-likeness (QED) is 0.591. The Labute approximate surface area is 92.4 Å². The van der Waals surface area contributed by atoms with Crippen LogP contribution in [0.2, 0.25) is 0 Å². The maximum atomic E-state index is 2.31. The van der Waals surface area contributed by atoms with Crippen LogP contribution in [-0.4, -0.2) is 0 Å². The van der Waals surface area contributed by atoms with Crippen LogP contribution in [0.1, 0.15) is 49.3 Å². The fourth-order valence-electron chi connectivity index (χ4n) is 1.65. The van der Waals surface area contributed by atoms with Gasteiger partial charge in [-0.3, -0.25) is 0 Å². The molecule has 80 valence electrons. The van der Waals surface area contributed by atoms with Crippen molar-refractivity contribution in [2.24, 2.45) is 5.92 Å². The van der Waals surface area contributed by atoms with E-state index in [0.717, 1.165) is 5.92 Å². The first-order chi connectivity index (χ1) is 6.68. The first-order valence-electron chi connectivity index (χ1n) is 5.74. The molecule has 0 fully saturated rings. The van der Waals surface area contributed by atoms with Gasteiger partial charge in [0.15, 0.2) is 0 Å². The summed E-state index contributed by atoms with van der Waals surface area (Å²) in [7, 11) is 0. The van der Waals surface area contributed by atoms with Crippen molar-refractivity contribution in [3.05, 3.63) is 21.9 Å². The van der Waals surface area contributed by atoms with E-state index in [1.807, 2.05) is 11.3 Å². The molecule has 0 N–H and O–H groups in total.